The number of alkyl halides is 3. The van der Waals surface area contributed by atoms with Crippen LogP contribution in [0.15, 0.2) is 12.3 Å². The van der Waals surface area contributed by atoms with Crippen LogP contribution in [-0.4, -0.2) is 58.1 Å². The minimum atomic E-state index is -4.69. The van der Waals surface area contributed by atoms with Gasteiger partial charge in [0.05, 0.1) is 18.8 Å². The molecule has 1 amide bonds. The van der Waals surface area contributed by atoms with E-state index in [4.69, 9.17) is 5.11 Å². The van der Waals surface area contributed by atoms with Crippen LogP contribution in [0.25, 0.3) is 0 Å². The van der Waals surface area contributed by atoms with E-state index in [1.54, 1.807) is 16.9 Å². The summed E-state index contributed by atoms with van der Waals surface area (Å²) in [6.45, 7) is -0.901. The Bertz CT molecular complexity index is 526. The fourth-order valence-corrected chi connectivity index (χ4v) is 2.74. The number of aromatic nitrogens is 2. The highest BCUT2D eigenvalue weighted by Crippen LogP contribution is 2.31. The molecule has 1 fully saturated rings. The Morgan fingerprint density at radius 1 is 1.52 bits per heavy atom. The standard InChI is InChI=1S/C14H21F3N4O2/c1-20(8-11(22)14(15,16)17)9-13(23)19-12-6-7-18-21(12)10-4-2-3-5-10/h6-7,10-11,22H,2-5,8-9H2,1H3,(H,19,23). The highest BCUT2D eigenvalue weighted by atomic mass is 19.4. The van der Waals surface area contributed by atoms with Crippen LogP contribution >= 0.6 is 0 Å². The number of amides is 1. The number of carbonyl (C=O) groups excluding carboxylic acids is 1. The Morgan fingerprint density at radius 2 is 2.17 bits per heavy atom. The third-order valence-electron chi connectivity index (χ3n) is 3.88. The van der Waals surface area contributed by atoms with Crippen LogP contribution in [-0.2, 0) is 4.79 Å². The number of hydrogen-bond acceptors (Lipinski definition) is 4. The van der Waals surface area contributed by atoms with Gasteiger partial charge in [-0.3, -0.25) is 9.69 Å². The van der Waals surface area contributed by atoms with E-state index in [1.165, 1.54) is 7.05 Å². The Hall–Kier alpha value is -1.61. The highest BCUT2D eigenvalue weighted by Gasteiger charge is 2.38. The molecule has 1 atom stereocenters. The second-order valence-electron chi connectivity index (χ2n) is 5.90. The molecule has 6 nitrogen and oxygen atoms in total. The smallest absolute Gasteiger partial charge is 0.382 e. The van der Waals surface area contributed by atoms with Gasteiger partial charge >= 0.3 is 6.18 Å². The Balaban J connectivity index is 1.86. The van der Waals surface area contributed by atoms with E-state index in [-0.39, 0.29) is 12.6 Å². The zero-order valence-electron chi connectivity index (χ0n) is 12.9. The Morgan fingerprint density at radius 3 is 2.78 bits per heavy atom. The van der Waals surface area contributed by atoms with Crippen molar-refractivity contribution in [3.63, 3.8) is 0 Å². The number of anilines is 1. The molecule has 1 aliphatic carbocycles. The van der Waals surface area contributed by atoms with Crippen molar-refractivity contribution >= 4 is 11.7 Å². The molecule has 9 heteroatoms. The summed E-state index contributed by atoms with van der Waals surface area (Å²) in [7, 11) is 1.35. The van der Waals surface area contributed by atoms with E-state index < -0.39 is 24.7 Å². The van der Waals surface area contributed by atoms with Crippen LogP contribution in [0.5, 0.6) is 0 Å². The van der Waals surface area contributed by atoms with E-state index in [2.05, 4.69) is 10.4 Å². The number of nitrogens with one attached hydrogen (secondary N) is 1. The normalized spacial score (nSPS) is 17.7. The first-order valence-electron chi connectivity index (χ1n) is 7.54. The van der Waals surface area contributed by atoms with Gasteiger partial charge in [-0.2, -0.15) is 18.3 Å². The molecule has 1 aromatic heterocycles. The first kappa shape index (κ1) is 17.7. The molecule has 1 saturated carbocycles. The van der Waals surface area contributed by atoms with Crippen molar-refractivity contribution in [3.8, 4) is 0 Å². The Kier molecular flexibility index (Phi) is 5.64. The number of aliphatic hydroxyl groups is 1. The third kappa shape index (κ3) is 4.93. The molecule has 130 valence electrons. The summed E-state index contributed by atoms with van der Waals surface area (Å²) in [6.07, 6.45) is -1.32. The number of halogens is 3. The van der Waals surface area contributed by atoms with E-state index in [9.17, 15) is 18.0 Å². The first-order valence-corrected chi connectivity index (χ1v) is 7.54. The first-order chi connectivity index (χ1) is 10.8. The summed E-state index contributed by atoms with van der Waals surface area (Å²) < 4.78 is 38.6. The van der Waals surface area contributed by atoms with Crippen molar-refractivity contribution in [2.45, 2.75) is 44.0 Å². The summed E-state index contributed by atoms with van der Waals surface area (Å²) in [4.78, 5) is 13.1. The van der Waals surface area contributed by atoms with Gasteiger partial charge in [0.2, 0.25) is 5.91 Å². The Labute approximate surface area is 132 Å². The minimum Gasteiger partial charge on any atom is -0.382 e. The van der Waals surface area contributed by atoms with Gasteiger partial charge in [-0.1, -0.05) is 12.8 Å². The molecule has 0 saturated heterocycles. The second kappa shape index (κ2) is 7.31. The lowest BCUT2D eigenvalue weighted by molar-refractivity contribution is -0.207. The van der Waals surface area contributed by atoms with Crippen molar-refractivity contribution in [2.24, 2.45) is 0 Å². The maximum atomic E-state index is 12.3. The van der Waals surface area contributed by atoms with Gasteiger partial charge in [-0.25, -0.2) is 4.68 Å². The number of carbonyl (C=O) groups is 1. The van der Waals surface area contributed by atoms with Crippen LogP contribution in [0, 0.1) is 0 Å². The third-order valence-corrected chi connectivity index (χ3v) is 3.88. The fourth-order valence-electron chi connectivity index (χ4n) is 2.74. The summed E-state index contributed by atoms with van der Waals surface area (Å²) in [5, 5.41) is 15.9. The van der Waals surface area contributed by atoms with Gasteiger partial charge in [0.15, 0.2) is 6.10 Å². The minimum absolute atomic E-state index is 0.247. The van der Waals surface area contributed by atoms with Crippen LogP contribution in [0.4, 0.5) is 19.0 Å². The maximum Gasteiger partial charge on any atom is 0.415 e. The van der Waals surface area contributed by atoms with Gasteiger partial charge in [-0.05, 0) is 19.9 Å². The lowest BCUT2D eigenvalue weighted by Gasteiger charge is -2.22. The van der Waals surface area contributed by atoms with Crippen LogP contribution in [0.2, 0.25) is 0 Å². The predicted octanol–water partition coefficient (Wildman–Crippen LogP) is 1.79. The van der Waals surface area contributed by atoms with Crippen molar-refractivity contribution in [3.05, 3.63) is 12.3 Å². The zero-order valence-corrected chi connectivity index (χ0v) is 12.9. The van der Waals surface area contributed by atoms with Crippen molar-refractivity contribution in [2.75, 3.05) is 25.5 Å². The topological polar surface area (TPSA) is 70.4 Å². The molecule has 0 radical (unpaired) electrons. The van der Waals surface area contributed by atoms with Gasteiger partial charge in [0.1, 0.15) is 5.82 Å². The number of nitrogens with zero attached hydrogens (tertiary/aromatic N) is 3. The number of aliphatic hydroxyl groups excluding tert-OH is 1. The van der Waals surface area contributed by atoms with E-state index in [0.717, 1.165) is 30.6 Å². The summed E-state index contributed by atoms with van der Waals surface area (Å²) in [6, 6.07) is 1.92. The van der Waals surface area contributed by atoms with Gasteiger partial charge < -0.3 is 10.4 Å². The molecule has 1 unspecified atom stereocenters. The molecule has 0 spiro atoms. The summed E-state index contributed by atoms with van der Waals surface area (Å²) in [5.41, 5.74) is 0. The summed E-state index contributed by atoms with van der Waals surface area (Å²) in [5.74, 6) is 0.105. The zero-order chi connectivity index (χ0) is 17.0. The van der Waals surface area contributed by atoms with Gasteiger partial charge in [-0.15, -0.1) is 0 Å². The van der Waals surface area contributed by atoms with Crippen molar-refractivity contribution in [1.29, 1.82) is 0 Å². The lowest BCUT2D eigenvalue weighted by Crippen LogP contribution is -2.42. The molecule has 1 aromatic rings. The van der Waals surface area contributed by atoms with Crippen molar-refractivity contribution < 1.29 is 23.1 Å². The van der Waals surface area contributed by atoms with E-state index in [1.807, 2.05) is 0 Å². The molecular weight excluding hydrogens is 313 g/mol. The quantitative estimate of drug-likeness (QED) is 0.832. The summed E-state index contributed by atoms with van der Waals surface area (Å²) >= 11 is 0. The monoisotopic (exact) mass is 334 g/mol. The molecule has 2 N–H and O–H groups in total. The molecule has 0 bridgehead atoms. The van der Waals surface area contributed by atoms with Gasteiger partial charge in [0, 0.05) is 12.6 Å². The highest BCUT2D eigenvalue weighted by molar-refractivity contribution is 5.91. The number of rotatable bonds is 6. The van der Waals surface area contributed by atoms with Crippen LogP contribution < -0.4 is 5.32 Å². The number of likely N-dealkylation sites (N-methyl/N-ethyl adjacent to an activating group) is 1. The second-order valence-corrected chi connectivity index (χ2v) is 5.90. The van der Waals surface area contributed by atoms with Crippen LogP contribution in [0.3, 0.4) is 0 Å². The van der Waals surface area contributed by atoms with E-state index in [0.29, 0.717) is 5.82 Å². The molecule has 0 aliphatic heterocycles. The SMILES string of the molecule is CN(CC(=O)Nc1ccnn1C1CCCC1)CC(O)C(F)(F)F. The van der Waals surface area contributed by atoms with Crippen molar-refractivity contribution in [1.82, 2.24) is 14.7 Å². The van der Waals surface area contributed by atoms with E-state index >= 15 is 0 Å². The average molecular weight is 334 g/mol. The molecule has 2 rings (SSSR count). The molecule has 0 aromatic carbocycles. The largest absolute Gasteiger partial charge is 0.415 e. The average Bonchev–Trinajstić information content (AvgIpc) is 3.07. The predicted molar refractivity (Wildman–Crippen MR) is 77.9 cm³/mol. The van der Waals surface area contributed by atoms with Crippen LogP contribution in [0.1, 0.15) is 31.7 Å². The molecule has 23 heavy (non-hydrogen) atoms. The number of hydrogen-bond donors (Lipinski definition) is 2. The lowest BCUT2D eigenvalue weighted by atomic mass is 10.2. The maximum absolute atomic E-state index is 12.3. The molecule has 1 heterocycles. The molecule has 1 aliphatic rings. The molecular formula is C14H21F3N4O2. The fraction of sp³-hybridized carbons (Fsp3) is 0.714. The van der Waals surface area contributed by atoms with Gasteiger partial charge in [0.25, 0.3) is 0 Å².